The van der Waals surface area contributed by atoms with Crippen LogP contribution in [0.5, 0.6) is 5.75 Å². The number of urea groups is 1. The molecule has 3 rings (SSSR count). The van der Waals surface area contributed by atoms with Gasteiger partial charge in [-0.25, -0.2) is 9.78 Å². The molecule has 0 spiro atoms. The number of nitrogens with zero attached hydrogens (tertiary/aromatic N) is 4. The maximum Gasteiger partial charge on any atom is 0.317 e. The Morgan fingerprint density at radius 2 is 1.92 bits per heavy atom. The van der Waals surface area contributed by atoms with Gasteiger partial charge in [-0.15, -0.1) is 0 Å². The summed E-state index contributed by atoms with van der Waals surface area (Å²) in [7, 11) is 0. The fourth-order valence-corrected chi connectivity index (χ4v) is 2.81. The fourth-order valence-electron chi connectivity index (χ4n) is 2.81. The molecule has 2 heterocycles. The van der Waals surface area contributed by atoms with Gasteiger partial charge in [-0.2, -0.15) is 0 Å². The maximum absolute atomic E-state index is 12.2. The number of rotatable bonds is 7. The Morgan fingerprint density at radius 3 is 2.64 bits per heavy atom. The topological polar surface area (TPSA) is 62.6 Å². The third-order valence-electron chi connectivity index (χ3n) is 4.28. The molecule has 0 atom stereocenters. The Bertz CT molecular complexity index is 624. The van der Waals surface area contributed by atoms with E-state index in [4.69, 9.17) is 4.74 Å². The van der Waals surface area contributed by atoms with Crippen LogP contribution in [0.15, 0.2) is 49.1 Å². The summed E-state index contributed by atoms with van der Waals surface area (Å²) in [4.78, 5) is 20.4. The molecule has 0 aliphatic carbocycles. The summed E-state index contributed by atoms with van der Waals surface area (Å²) in [5, 5.41) is 2.97. The number of piperazine rings is 1. The second-order valence-corrected chi connectivity index (χ2v) is 6.02. The van der Waals surface area contributed by atoms with E-state index in [0.29, 0.717) is 13.2 Å². The van der Waals surface area contributed by atoms with Crippen LogP contribution in [0.1, 0.15) is 0 Å². The Morgan fingerprint density at radius 1 is 1.12 bits per heavy atom. The Balaban J connectivity index is 1.29. The van der Waals surface area contributed by atoms with E-state index in [1.54, 1.807) is 12.5 Å². The van der Waals surface area contributed by atoms with Gasteiger partial charge in [0.1, 0.15) is 12.4 Å². The van der Waals surface area contributed by atoms with Crippen molar-refractivity contribution >= 4 is 6.03 Å². The molecule has 7 nitrogen and oxygen atoms in total. The number of benzene rings is 1. The normalized spacial score (nSPS) is 15.1. The molecule has 1 fully saturated rings. The van der Waals surface area contributed by atoms with E-state index in [1.165, 1.54) is 0 Å². The number of nitrogens with one attached hydrogen (secondary N) is 1. The van der Waals surface area contributed by atoms with Gasteiger partial charge in [-0.05, 0) is 12.1 Å². The molecule has 1 aromatic heterocycles. The predicted molar refractivity (Wildman–Crippen MR) is 95.6 cm³/mol. The van der Waals surface area contributed by atoms with Crippen molar-refractivity contribution in [2.75, 3.05) is 45.9 Å². The molecule has 2 aromatic rings. The smallest absolute Gasteiger partial charge is 0.317 e. The SMILES string of the molecule is O=C(NCCn1ccnc1)N1CCN(CCOc2ccccc2)CC1. The van der Waals surface area contributed by atoms with Gasteiger partial charge >= 0.3 is 6.03 Å². The average molecular weight is 343 g/mol. The standard InChI is InChI=1S/C18H25N5O2/c24-18(20-7-9-22-8-6-19-16-22)23-12-10-21(11-13-23)14-15-25-17-4-2-1-3-5-17/h1-6,8,16H,7,9-15H2,(H,20,24). The van der Waals surface area contributed by atoms with Crippen molar-refractivity contribution in [3.63, 3.8) is 0 Å². The monoisotopic (exact) mass is 343 g/mol. The highest BCUT2D eigenvalue weighted by Crippen LogP contribution is 2.08. The molecular formula is C18H25N5O2. The number of hydrogen-bond acceptors (Lipinski definition) is 4. The predicted octanol–water partition coefficient (Wildman–Crippen LogP) is 1.29. The van der Waals surface area contributed by atoms with E-state index in [0.717, 1.165) is 45.0 Å². The lowest BCUT2D eigenvalue weighted by Crippen LogP contribution is -2.52. The number of ether oxygens (including phenoxy) is 1. The average Bonchev–Trinajstić information content (AvgIpc) is 3.16. The van der Waals surface area contributed by atoms with Crippen molar-refractivity contribution in [3.8, 4) is 5.75 Å². The third kappa shape index (κ3) is 5.49. The van der Waals surface area contributed by atoms with E-state index in [2.05, 4.69) is 15.2 Å². The zero-order valence-corrected chi connectivity index (χ0v) is 14.4. The quantitative estimate of drug-likeness (QED) is 0.823. The van der Waals surface area contributed by atoms with E-state index in [-0.39, 0.29) is 6.03 Å². The second-order valence-electron chi connectivity index (χ2n) is 6.02. The van der Waals surface area contributed by atoms with Crippen LogP contribution in [0.4, 0.5) is 4.79 Å². The first-order valence-corrected chi connectivity index (χ1v) is 8.70. The first kappa shape index (κ1) is 17.3. The number of carbonyl (C=O) groups excluding carboxylic acids is 1. The molecule has 1 N–H and O–H groups in total. The van der Waals surface area contributed by atoms with Crippen LogP contribution in [0, 0.1) is 0 Å². The van der Waals surface area contributed by atoms with E-state index in [9.17, 15) is 4.79 Å². The molecule has 1 saturated heterocycles. The summed E-state index contributed by atoms with van der Waals surface area (Å²) in [5.74, 6) is 0.901. The van der Waals surface area contributed by atoms with Crippen molar-refractivity contribution < 1.29 is 9.53 Å². The van der Waals surface area contributed by atoms with Gasteiger partial charge in [0.05, 0.1) is 6.33 Å². The minimum Gasteiger partial charge on any atom is -0.492 e. The lowest BCUT2D eigenvalue weighted by atomic mass is 10.3. The van der Waals surface area contributed by atoms with Crippen LogP contribution in [0.25, 0.3) is 0 Å². The van der Waals surface area contributed by atoms with Crippen molar-refractivity contribution in [1.29, 1.82) is 0 Å². The number of para-hydroxylation sites is 1. The number of imidazole rings is 1. The zero-order valence-electron chi connectivity index (χ0n) is 14.4. The number of aromatic nitrogens is 2. The lowest BCUT2D eigenvalue weighted by molar-refractivity contribution is 0.126. The highest BCUT2D eigenvalue weighted by atomic mass is 16.5. The van der Waals surface area contributed by atoms with Crippen LogP contribution >= 0.6 is 0 Å². The molecule has 1 aliphatic rings. The van der Waals surface area contributed by atoms with Gasteiger partial charge in [-0.3, -0.25) is 4.90 Å². The molecule has 1 aromatic carbocycles. The summed E-state index contributed by atoms with van der Waals surface area (Å²) >= 11 is 0. The zero-order chi connectivity index (χ0) is 17.3. The summed E-state index contributed by atoms with van der Waals surface area (Å²) in [6.07, 6.45) is 5.38. The van der Waals surface area contributed by atoms with E-state index in [1.807, 2.05) is 46.0 Å². The van der Waals surface area contributed by atoms with Gasteiger partial charge < -0.3 is 19.5 Å². The minimum absolute atomic E-state index is 0.0142. The number of amides is 2. The molecule has 0 bridgehead atoms. The van der Waals surface area contributed by atoms with Crippen LogP contribution in [0.3, 0.4) is 0 Å². The summed E-state index contributed by atoms with van der Waals surface area (Å²) in [6.45, 7) is 6.17. The summed E-state index contributed by atoms with van der Waals surface area (Å²) in [6, 6.07) is 9.87. The molecule has 0 radical (unpaired) electrons. The second kappa shape index (κ2) is 9.08. The molecule has 0 saturated carbocycles. The van der Waals surface area contributed by atoms with Gasteiger partial charge in [0.15, 0.2) is 0 Å². The molecular weight excluding hydrogens is 318 g/mol. The van der Waals surface area contributed by atoms with Crippen LogP contribution in [-0.4, -0.2) is 71.3 Å². The van der Waals surface area contributed by atoms with Crippen LogP contribution < -0.4 is 10.1 Å². The molecule has 2 amide bonds. The fraction of sp³-hybridized carbons (Fsp3) is 0.444. The maximum atomic E-state index is 12.2. The first-order valence-electron chi connectivity index (χ1n) is 8.70. The molecule has 7 heteroatoms. The minimum atomic E-state index is 0.0142. The highest BCUT2D eigenvalue weighted by molar-refractivity contribution is 5.74. The van der Waals surface area contributed by atoms with Gasteiger partial charge in [0.25, 0.3) is 0 Å². The molecule has 134 valence electrons. The first-order chi connectivity index (χ1) is 12.3. The number of hydrogen-bond donors (Lipinski definition) is 1. The Kier molecular flexibility index (Phi) is 6.28. The van der Waals surface area contributed by atoms with Gasteiger partial charge in [-0.1, -0.05) is 18.2 Å². The summed E-state index contributed by atoms with van der Waals surface area (Å²) < 4.78 is 7.68. The molecule has 25 heavy (non-hydrogen) atoms. The lowest BCUT2D eigenvalue weighted by Gasteiger charge is -2.34. The van der Waals surface area contributed by atoms with Crippen molar-refractivity contribution in [2.24, 2.45) is 0 Å². The van der Waals surface area contributed by atoms with Crippen molar-refractivity contribution in [1.82, 2.24) is 24.7 Å². The molecule has 0 unspecified atom stereocenters. The van der Waals surface area contributed by atoms with Gasteiger partial charge in [0, 0.05) is 58.2 Å². The van der Waals surface area contributed by atoms with Crippen molar-refractivity contribution in [3.05, 3.63) is 49.1 Å². The number of carbonyl (C=O) groups is 1. The Hall–Kier alpha value is -2.54. The summed E-state index contributed by atoms with van der Waals surface area (Å²) in [5.41, 5.74) is 0. The largest absolute Gasteiger partial charge is 0.492 e. The Labute approximate surface area is 148 Å². The van der Waals surface area contributed by atoms with E-state index < -0.39 is 0 Å². The van der Waals surface area contributed by atoms with E-state index >= 15 is 0 Å². The van der Waals surface area contributed by atoms with Gasteiger partial charge in [0.2, 0.25) is 0 Å². The van der Waals surface area contributed by atoms with Crippen LogP contribution in [-0.2, 0) is 6.54 Å². The highest BCUT2D eigenvalue weighted by Gasteiger charge is 2.20. The van der Waals surface area contributed by atoms with Crippen molar-refractivity contribution in [2.45, 2.75) is 6.54 Å². The molecule has 1 aliphatic heterocycles. The van der Waals surface area contributed by atoms with Crippen LogP contribution in [0.2, 0.25) is 0 Å². The third-order valence-corrected chi connectivity index (χ3v) is 4.28.